The molecule has 0 aliphatic carbocycles. The van der Waals surface area contributed by atoms with E-state index in [4.69, 9.17) is 10.5 Å². The maximum Gasteiger partial charge on any atom is 0.258 e. The number of rotatable bonds is 4. The number of amides is 1. The van der Waals surface area contributed by atoms with E-state index in [0.717, 1.165) is 3.57 Å². The van der Waals surface area contributed by atoms with Crippen molar-refractivity contribution in [2.45, 2.75) is 19.4 Å². The molecule has 1 unspecified atom stereocenters. The molecule has 0 heterocycles. The minimum absolute atomic E-state index is 0.0565. The third kappa shape index (κ3) is 3.33. The fourth-order valence-electron chi connectivity index (χ4n) is 1.07. The summed E-state index contributed by atoms with van der Waals surface area (Å²) in [7, 11) is 0. The Kier molecular flexibility index (Phi) is 4.31. The van der Waals surface area contributed by atoms with Gasteiger partial charge in [-0.15, -0.1) is 0 Å². The van der Waals surface area contributed by atoms with Crippen LogP contribution in [0.1, 0.15) is 13.3 Å². The first-order chi connectivity index (χ1) is 7.04. The SMILES string of the molecule is CCC(Oc1ccc(I)cc1F)C(N)=O. The van der Waals surface area contributed by atoms with E-state index in [2.05, 4.69) is 0 Å². The van der Waals surface area contributed by atoms with Crippen molar-refractivity contribution in [1.82, 2.24) is 0 Å². The molecule has 82 valence electrons. The lowest BCUT2D eigenvalue weighted by Crippen LogP contribution is -2.33. The monoisotopic (exact) mass is 323 g/mol. The van der Waals surface area contributed by atoms with Crippen molar-refractivity contribution in [3.63, 3.8) is 0 Å². The zero-order chi connectivity index (χ0) is 11.4. The van der Waals surface area contributed by atoms with E-state index in [0.29, 0.717) is 6.42 Å². The first-order valence-corrected chi connectivity index (χ1v) is 5.53. The van der Waals surface area contributed by atoms with Crippen LogP contribution in [0.25, 0.3) is 0 Å². The Morgan fingerprint density at radius 3 is 2.80 bits per heavy atom. The highest BCUT2D eigenvalue weighted by molar-refractivity contribution is 14.1. The summed E-state index contributed by atoms with van der Waals surface area (Å²) in [6.45, 7) is 1.75. The summed E-state index contributed by atoms with van der Waals surface area (Å²) in [5.41, 5.74) is 5.09. The van der Waals surface area contributed by atoms with Crippen LogP contribution < -0.4 is 10.5 Å². The number of primary amides is 1. The van der Waals surface area contributed by atoms with E-state index in [9.17, 15) is 9.18 Å². The van der Waals surface area contributed by atoms with E-state index in [1.165, 1.54) is 12.1 Å². The molecule has 0 aliphatic rings. The van der Waals surface area contributed by atoms with Crippen molar-refractivity contribution in [3.05, 3.63) is 27.6 Å². The summed E-state index contributed by atoms with van der Waals surface area (Å²) in [6, 6.07) is 4.53. The second-order valence-electron chi connectivity index (χ2n) is 2.99. The van der Waals surface area contributed by atoms with E-state index < -0.39 is 17.8 Å². The standard InChI is InChI=1S/C10H11FINO2/c1-2-8(10(13)14)15-9-4-3-6(12)5-7(9)11/h3-5,8H,2H2,1H3,(H2,13,14). The van der Waals surface area contributed by atoms with Crippen LogP contribution in [0.15, 0.2) is 18.2 Å². The van der Waals surface area contributed by atoms with Crippen LogP contribution in [0.2, 0.25) is 0 Å². The van der Waals surface area contributed by atoms with Crippen molar-refractivity contribution in [2.75, 3.05) is 0 Å². The molecule has 3 nitrogen and oxygen atoms in total. The van der Waals surface area contributed by atoms with Gasteiger partial charge in [0.05, 0.1) is 0 Å². The van der Waals surface area contributed by atoms with Gasteiger partial charge in [0.15, 0.2) is 17.7 Å². The van der Waals surface area contributed by atoms with Gasteiger partial charge in [-0.3, -0.25) is 4.79 Å². The van der Waals surface area contributed by atoms with Crippen LogP contribution in [0.4, 0.5) is 4.39 Å². The lowest BCUT2D eigenvalue weighted by atomic mass is 10.2. The molecule has 0 bridgehead atoms. The quantitative estimate of drug-likeness (QED) is 0.863. The number of benzene rings is 1. The minimum atomic E-state index is -0.778. The second kappa shape index (κ2) is 5.29. The molecule has 0 spiro atoms. The Morgan fingerprint density at radius 1 is 1.67 bits per heavy atom. The summed E-state index contributed by atoms with van der Waals surface area (Å²) in [5.74, 6) is -1.02. The molecule has 0 radical (unpaired) electrons. The molecular weight excluding hydrogens is 312 g/mol. The average Bonchev–Trinajstić information content (AvgIpc) is 2.16. The van der Waals surface area contributed by atoms with E-state index in [1.807, 2.05) is 22.6 Å². The molecule has 15 heavy (non-hydrogen) atoms. The molecule has 1 amide bonds. The molecule has 0 aliphatic heterocycles. The van der Waals surface area contributed by atoms with Gasteiger partial charge in [0.25, 0.3) is 5.91 Å². The number of carbonyl (C=O) groups is 1. The lowest BCUT2D eigenvalue weighted by Gasteiger charge is -2.14. The van der Waals surface area contributed by atoms with Gasteiger partial charge in [-0.25, -0.2) is 4.39 Å². The van der Waals surface area contributed by atoms with Gasteiger partial charge in [-0.2, -0.15) is 0 Å². The van der Waals surface area contributed by atoms with Gasteiger partial charge in [-0.1, -0.05) is 6.92 Å². The smallest absolute Gasteiger partial charge is 0.258 e. The number of ether oxygens (including phenoxy) is 1. The summed E-state index contributed by atoms with van der Waals surface area (Å²) in [6.07, 6.45) is -0.361. The van der Waals surface area contributed by atoms with Gasteiger partial charge in [0.2, 0.25) is 0 Å². The van der Waals surface area contributed by atoms with Crippen molar-refractivity contribution >= 4 is 28.5 Å². The van der Waals surface area contributed by atoms with Gasteiger partial charge in [0.1, 0.15) is 0 Å². The predicted octanol–water partition coefficient (Wildman–Crippen LogP) is 2.07. The number of nitrogens with two attached hydrogens (primary N) is 1. The summed E-state index contributed by atoms with van der Waals surface area (Å²) in [4.78, 5) is 10.9. The van der Waals surface area contributed by atoms with E-state index >= 15 is 0 Å². The Morgan fingerprint density at radius 2 is 2.33 bits per heavy atom. The topological polar surface area (TPSA) is 52.3 Å². The van der Waals surface area contributed by atoms with Crippen LogP contribution in [0.5, 0.6) is 5.75 Å². The summed E-state index contributed by atoms with van der Waals surface area (Å²) in [5, 5.41) is 0. The predicted molar refractivity (Wildman–Crippen MR) is 63.0 cm³/mol. The first-order valence-electron chi connectivity index (χ1n) is 4.45. The molecule has 1 atom stereocenters. The van der Waals surface area contributed by atoms with Crippen LogP contribution in [-0.4, -0.2) is 12.0 Å². The molecule has 0 saturated heterocycles. The highest BCUT2D eigenvalue weighted by Crippen LogP contribution is 2.21. The highest BCUT2D eigenvalue weighted by Gasteiger charge is 2.16. The normalized spacial score (nSPS) is 12.2. The Bertz CT molecular complexity index is 370. The van der Waals surface area contributed by atoms with Crippen LogP contribution in [-0.2, 0) is 4.79 Å². The molecule has 0 saturated carbocycles. The first kappa shape index (κ1) is 12.2. The third-order valence-corrected chi connectivity index (χ3v) is 2.52. The molecule has 0 fully saturated rings. The zero-order valence-corrected chi connectivity index (χ0v) is 10.3. The minimum Gasteiger partial charge on any atom is -0.478 e. The van der Waals surface area contributed by atoms with Crippen molar-refractivity contribution in [3.8, 4) is 5.75 Å². The van der Waals surface area contributed by atoms with Crippen molar-refractivity contribution < 1.29 is 13.9 Å². The molecule has 5 heteroatoms. The molecule has 1 aromatic carbocycles. The van der Waals surface area contributed by atoms with Crippen molar-refractivity contribution in [1.29, 1.82) is 0 Å². The van der Waals surface area contributed by atoms with Gasteiger partial charge in [-0.05, 0) is 47.2 Å². The molecule has 1 aromatic rings. The molecular formula is C10H11FINO2. The summed E-state index contributed by atoms with van der Waals surface area (Å²) >= 11 is 1.99. The fraction of sp³-hybridized carbons (Fsp3) is 0.300. The average molecular weight is 323 g/mol. The molecule has 2 N–H and O–H groups in total. The Labute approximate surface area is 101 Å². The number of hydrogen-bond acceptors (Lipinski definition) is 2. The second-order valence-corrected chi connectivity index (χ2v) is 4.24. The number of halogens is 2. The van der Waals surface area contributed by atoms with Crippen LogP contribution in [0.3, 0.4) is 0 Å². The number of carbonyl (C=O) groups excluding carboxylic acids is 1. The zero-order valence-electron chi connectivity index (χ0n) is 8.17. The Balaban J connectivity index is 2.84. The van der Waals surface area contributed by atoms with E-state index in [-0.39, 0.29) is 5.75 Å². The molecule has 1 rings (SSSR count). The van der Waals surface area contributed by atoms with Crippen LogP contribution >= 0.6 is 22.6 Å². The van der Waals surface area contributed by atoms with E-state index in [1.54, 1.807) is 13.0 Å². The van der Waals surface area contributed by atoms with Gasteiger partial charge < -0.3 is 10.5 Å². The lowest BCUT2D eigenvalue weighted by molar-refractivity contribution is -0.124. The van der Waals surface area contributed by atoms with Crippen molar-refractivity contribution in [2.24, 2.45) is 5.73 Å². The maximum absolute atomic E-state index is 13.3. The van der Waals surface area contributed by atoms with Crippen LogP contribution in [0, 0.1) is 9.39 Å². The maximum atomic E-state index is 13.3. The molecule has 0 aromatic heterocycles. The van der Waals surface area contributed by atoms with Gasteiger partial charge in [0, 0.05) is 3.57 Å². The third-order valence-electron chi connectivity index (χ3n) is 1.85. The largest absolute Gasteiger partial charge is 0.478 e. The fourth-order valence-corrected chi connectivity index (χ4v) is 1.52. The number of hydrogen-bond donors (Lipinski definition) is 1. The highest BCUT2D eigenvalue weighted by atomic mass is 127. The Hall–Kier alpha value is -0.850. The summed E-state index contributed by atoms with van der Waals surface area (Å²) < 4.78 is 19.3. The van der Waals surface area contributed by atoms with Gasteiger partial charge >= 0.3 is 0 Å².